The van der Waals surface area contributed by atoms with E-state index in [1.165, 1.54) is 0 Å². The maximum Gasteiger partial charge on any atom is 0.147 e. The maximum absolute atomic E-state index is 5.36. The molecule has 3 rings (SSSR count). The van der Waals surface area contributed by atoms with Crippen LogP contribution in [0.4, 0.5) is 5.82 Å². The number of aromatic nitrogens is 2. The normalized spacial score (nSPS) is 20.1. The van der Waals surface area contributed by atoms with Crippen molar-refractivity contribution in [1.29, 1.82) is 0 Å². The van der Waals surface area contributed by atoms with Crippen LogP contribution in [0.3, 0.4) is 0 Å². The van der Waals surface area contributed by atoms with Crippen LogP contribution in [0.25, 0.3) is 11.0 Å². The van der Waals surface area contributed by atoms with Gasteiger partial charge in [0.05, 0.1) is 23.3 Å². The lowest BCUT2D eigenvalue weighted by Crippen LogP contribution is -2.23. The molecule has 88 valence electrons. The first-order valence-electron chi connectivity index (χ1n) is 5.86. The molecule has 0 radical (unpaired) electrons. The fourth-order valence-corrected chi connectivity index (χ4v) is 2.23. The number of rotatable bonds is 2. The van der Waals surface area contributed by atoms with Gasteiger partial charge in [0.25, 0.3) is 0 Å². The van der Waals surface area contributed by atoms with Crippen molar-refractivity contribution in [2.45, 2.75) is 12.5 Å². The number of para-hydroxylation sites is 2. The SMILES string of the molecule is COC1CCN(c2cnc3ccccc3n2)C1. The molecule has 1 aliphatic heterocycles. The van der Waals surface area contributed by atoms with Crippen molar-refractivity contribution in [2.24, 2.45) is 0 Å². The fraction of sp³-hybridized carbons (Fsp3) is 0.385. The predicted octanol–water partition coefficient (Wildman–Crippen LogP) is 1.85. The molecular formula is C13H15N3O. The van der Waals surface area contributed by atoms with Crippen LogP contribution in [0.2, 0.25) is 0 Å². The Hall–Kier alpha value is -1.68. The summed E-state index contributed by atoms with van der Waals surface area (Å²) in [5, 5.41) is 0. The van der Waals surface area contributed by atoms with Crippen molar-refractivity contribution >= 4 is 16.9 Å². The summed E-state index contributed by atoms with van der Waals surface area (Å²) >= 11 is 0. The number of hydrogen-bond acceptors (Lipinski definition) is 4. The summed E-state index contributed by atoms with van der Waals surface area (Å²) in [5.41, 5.74) is 1.89. The van der Waals surface area contributed by atoms with Gasteiger partial charge < -0.3 is 9.64 Å². The third kappa shape index (κ3) is 1.96. The van der Waals surface area contributed by atoms with Crippen LogP contribution < -0.4 is 4.90 Å². The zero-order chi connectivity index (χ0) is 11.7. The molecule has 17 heavy (non-hydrogen) atoms. The van der Waals surface area contributed by atoms with Gasteiger partial charge in [0.2, 0.25) is 0 Å². The third-order valence-electron chi connectivity index (χ3n) is 3.24. The molecule has 4 heteroatoms. The molecule has 1 aromatic heterocycles. The average Bonchev–Trinajstić information content (AvgIpc) is 2.87. The highest BCUT2D eigenvalue weighted by Gasteiger charge is 2.23. The van der Waals surface area contributed by atoms with Crippen LogP contribution >= 0.6 is 0 Å². The maximum atomic E-state index is 5.36. The molecule has 0 N–H and O–H groups in total. The van der Waals surface area contributed by atoms with Crippen LogP contribution in [0.5, 0.6) is 0 Å². The van der Waals surface area contributed by atoms with Gasteiger partial charge >= 0.3 is 0 Å². The van der Waals surface area contributed by atoms with E-state index < -0.39 is 0 Å². The van der Waals surface area contributed by atoms with E-state index in [0.29, 0.717) is 6.10 Å². The molecule has 1 atom stereocenters. The predicted molar refractivity (Wildman–Crippen MR) is 67.2 cm³/mol. The molecule has 1 aliphatic rings. The lowest BCUT2D eigenvalue weighted by atomic mass is 10.3. The number of benzene rings is 1. The van der Waals surface area contributed by atoms with Gasteiger partial charge in [-0.15, -0.1) is 0 Å². The summed E-state index contributed by atoms with van der Waals surface area (Å²) in [7, 11) is 1.76. The number of hydrogen-bond donors (Lipinski definition) is 0. The van der Waals surface area contributed by atoms with E-state index in [-0.39, 0.29) is 0 Å². The zero-order valence-electron chi connectivity index (χ0n) is 9.84. The largest absolute Gasteiger partial charge is 0.380 e. The Kier molecular flexibility index (Phi) is 2.65. The molecule has 0 amide bonds. The van der Waals surface area contributed by atoms with E-state index in [0.717, 1.165) is 36.4 Å². The molecule has 2 heterocycles. The van der Waals surface area contributed by atoms with Gasteiger partial charge in [-0.3, -0.25) is 4.98 Å². The van der Waals surface area contributed by atoms with Gasteiger partial charge in [0.1, 0.15) is 5.82 Å². The molecule has 0 saturated carbocycles. The van der Waals surface area contributed by atoms with Crippen LogP contribution in [0, 0.1) is 0 Å². The number of ether oxygens (including phenoxy) is 1. The Morgan fingerprint density at radius 1 is 1.29 bits per heavy atom. The van der Waals surface area contributed by atoms with Gasteiger partial charge in [-0.2, -0.15) is 0 Å². The second kappa shape index (κ2) is 4.30. The molecule has 0 aliphatic carbocycles. The molecule has 4 nitrogen and oxygen atoms in total. The second-order valence-electron chi connectivity index (χ2n) is 4.31. The number of nitrogens with zero attached hydrogens (tertiary/aromatic N) is 3. The number of anilines is 1. The summed E-state index contributed by atoms with van der Waals surface area (Å²) < 4.78 is 5.36. The van der Waals surface area contributed by atoms with Crippen LogP contribution in [0.1, 0.15) is 6.42 Å². The first-order chi connectivity index (χ1) is 8.36. The minimum absolute atomic E-state index is 0.322. The summed E-state index contributed by atoms with van der Waals surface area (Å²) in [6.07, 6.45) is 3.23. The topological polar surface area (TPSA) is 38.2 Å². The average molecular weight is 229 g/mol. The molecule has 1 aromatic carbocycles. The molecule has 1 fully saturated rings. The van der Waals surface area contributed by atoms with Gasteiger partial charge in [0.15, 0.2) is 0 Å². The standard InChI is InChI=1S/C13H15N3O/c1-17-10-6-7-16(9-10)13-8-14-11-4-2-3-5-12(11)15-13/h2-5,8,10H,6-7,9H2,1H3. The Balaban J connectivity index is 1.91. The lowest BCUT2D eigenvalue weighted by molar-refractivity contribution is 0.121. The molecule has 0 bridgehead atoms. The van der Waals surface area contributed by atoms with Crippen LogP contribution in [-0.2, 0) is 4.74 Å². The van der Waals surface area contributed by atoms with E-state index in [4.69, 9.17) is 4.74 Å². The first-order valence-corrected chi connectivity index (χ1v) is 5.86. The first kappa shape index (κ1) is 10.5. The van der Waals surface area contributed by atoms with Gasteiger partial charge in [0, 0.05) is 20.2 Å². The van der Waals surface area contributed by atoms with Gasteiger partial charge in [-0.05, 0) is 18.6 Å². The van der Waals surface area contributed by atoms with E-state index >= 15 is 0 Å². The van der Waals surface area contributed by atoms with Crippen molar-refractivity contribution in [1.82, 2.24) is 9.97 Å². The molecule has 2 aromatic rings. The van der Waals surface area contributed by atoms with Crippen LogP contribution in [0.15, 0.2) is 30.5 Å². The van der Waals surface area contributed by atoms with Crippen molar-refractivity contribution in [3.05, 3.63) is 30.5 Å². The third-order valence-corrected chi connectivity index (χ3v) is 3.24. The minimum atomic E-state index is 0.322. The fourth-order valence-electron chi connectivity index (χ4n) is 2.23. The highest BCUT2D eigenvalue weighted by atomic mass is 16.5. The zero-order valence-corrected chi connectivity index (χ0v) is 9.84. The molecular weight excluding hydrogens is 214 g/mol. The highest BCUT2D eigenvalue weighted by Crippen LogP contribution is 2.20. The van der Waals surface area contributed by atoms with E-state index in [2.05, 4.69) is 14.9 Å². The van der Waals surface area contributed by atoms with Crippen molar-refractivity contribution in [2.75, 3.05) is 25.1 Å². The van der Waals surface area contributed by atoms with Crippen molar-refractivity contribution in [3.63, 3.8) is 0 Å². The van der Waals surface area contributed by atoms with Gasteiger partial charge in [-0.1, -0.05) is 12.1 Å². The Morgan fingerprint density at radius 2 is 2.12 bits per heavy atom. The van der Waals surface area contributed by atoms with E-state index in [9.17, 15) is 0 Å². The van der Waals surface area contributed by atoms with Crippen molar-refractivity contribution < 1.29 is 4.74 Å². The molecule has 1 saturated heterocycles. The summed E-state index contributed by atoms with van der Waals surface area (Å²) in [5.74, 6) is 0.947. The quantitative estimate of drug-likeness (QED) is 0.787. The Labute approximate surface area is 100 Å². The van der Waals surface area contributed by atoms with E-state index in [1.807, 2.05) is 30.5 Å². The van der Waals surface area contributed by atoms with Crippen LogP contribution in [-0.4, -0.2) is 36.3 Å². The highest BCUT2D eigenvalue weighted by molar-refractivity contribution is 5.75. The van der Waals surface area contributed by atoms with Gasteiger partial charge in [-0.25, -0.2) is 4.98 Å². The summed E-state index contributed by atoms with van der Waals surface area (Å²) in [6, 6.07) is 7.94. The Bertz CT molecular complexity index is 529. The monoisotopic (exact) mass is 229 g/mol. The summed E-state index contributed by atoms with van der Waals surface area (Å²) in [4.78, 5) is 11.3. The molecule has 0 spiro atoms. The second-order valence-corrected chi connectivity index (χ2v) is 4.31. The number of methoxy groups -OCH3 is 1. The lowest BCUT2D eigenvalue weighted by Gasteiger charge is -2.16. The molecule has 1 unspecified atom stereocenters. The number of fused-ring (bicyclic) bond motifs is 1. The smallest absolute Gasteiger partial charge is 0.147 e. The van der Waals surface area contributed by atoms with E-state index in [1.54, 1.807) is 7.11 Å². The minimum Gasteiger partial charge on any atom is -0.380 e. The summed E-state index contributed by atoms with van der Waals surface area (Å²) in [6.45, 7) is 1.90. The van der Waals surface area contributed by atoms with Crippen molar-refractivity contribution in [3.8, 4) is 0 Å². The Morgan fingerprint density at radius 3 is 2.88 bits per heavy atom.